The number of nitrogen functional groups attached to an aromatic ring is 1. The molecule has 0 saturated heterocycles. The Morgan fingerprint density at radius 1 is 1.73 bits per heavy atom. The summed E-state index contributed by atoms with van der Waals surface area (Å²) in [5.41, 5.74) is 5.48. The first-order valence-corrected chi connectivity index (χ1v) is 3.61. The van der Waals surface area contributed by atoms with Crippen LogP contribution in [-0.2, 0) is 0 Å². The van der Waals surface area contributed by atoms with Gasteiger partial charge in [-0.1, -0.05) is 13.8 Å². The number of nitrogens with one attached hydrogen (secondary N) is 1. The predicted octanol–water partition coefficient (Wildman–Crippen LogP) is 1.03. The van der Waals surface area contributed by atoms with E-state index in [0.29, 0.717) is 24.2 Å². The van der Waals surface area contributed by atoms with Gasteiger partial charge >= 0.3 is 0 Å². The molecule has 0 amide bonds. The quantitative estimate of drug-likeness (QED) is 0.685. The average Bonchev–Trinajstić information content (AvgIpc) is 2.31. The number of imidazole rings is 1. The van der Waals surface area contributed by atoms with Crippen LogP contribution in [0.15, 0.2) is 6.33 Å². The van der Waals surface area contributed by atoms with Crippen LogP contribution in [0, 0.1) is 5.92 Å². The molecule has 0 atom stereocenters. The summed E-state index contributed by atoms with van der Waals surface area (Å²) in [5, 5.41) is 0. The van der Waals surface area contributed by atoms with Crippen LogP contribution < -0.4 is 10.5 Å². The van der Waals surface area contributed by atoms with Crippen LogP contribution >= 0.6 is 0 Å². The van der Waals surface area contributed by atoms with Gasteiger partial charge in [0, 0.05) is 0 Å². The van der Waals surface area contributed by atoms with E-state index in [1.54, 1.807) is 0 Å². The number of nitrogens with two attached hydrogens (primary N) is 1. The second kappa shape index (κ2) is 3.27. The van der Waals surface area contributed by atoms with Gasteiger partial charge in [0.15, 0.2) is 5.82 Å². The largest absolute Gasteiger partial charge is 0.475 e. The van der Waals surface area contributed by atoms with Crippen molar-refractivity contribution in [2.24, 2.45) is 5.92 Å². The molecule has 0 aliphatic rings. The predicted molar refractivity (Wildman–Crippen MR) is 43.3 cm³/mol. The van der Waals surface area contributed by atoms with Crippen molar-refractivity contribution in [3.8, 4) is 5.88 Å². The van der Waals surface area contributed by atoms with Gasteiger partial charge < -0.3 is 15.5 Å². The molecule has 0 spiro atoms. The number of H-pyrrole nitrogens is 1. The highest BCUT2D eigenvalue weighted by molar-refractivity contribution is 5.39. The van der Waals surface area contributed by atoms with E-state index < -0.39 is 0 Å². The van der Waals surface area contributed by atoms with Crippen molar-refractivity contribution >= 4 is 5.82 Å². The van der Waals surface area contributed by atoms with Gasteiger partial charge in [-0.15, -0.1) is 0 Å². The molecule has 0 fully saturated rings. The Kier molecular flexibility index (Phi) is 2.36. The van der Waals surface area contributed by atoms with E-state index >= 15 is 0 Å². The van der Waals surface area contributed by atoms with E-state index in [0.717, 1.165) is 0 Å². The minimum Gasteiger partial charge on any atom is -0.475 e. The zero-order chi connectivity index (χ0) is 8.27. The molecular formula is C7H13N3O. The number of ether oxygens (including phenoxy) is 1. The first-order valence-electron chi connectivity index (χ1n) is 3.61. The van der Waals surface area contributed by atoms with Crippen LogP contribution in [0.4, 0.5) is 5.82 Å². The molecule has 0 aliphatic heterocycles. The summed E-state index contributed by atoms with van der Waals surface area (Å²) < 4.78 is 5.27. The third-order valence-electron chi connectivity index (χ3n) is 1.19. The maximum absolute atomic E-state index is 5.48. The van der Waals surface area contributed by atoms with E-state index in [9.17, 15) is 0 Å². The summed E-state index contributed by atoms with van der Waals surface area (Å²) in [6, 6.07) is 0. The van der Waals surface area contributed by atoms with Crippen molar-refractivity contribution in [2.45, 2.75) is 13.8 Å². The molecule has 11 heavy (non-hydrogen) atoms. The number of aromatic amines is 1. The lowest BCUT2D eigenvalue weighted by Gasteiger charge is -2.05. The van der Waals surface area contributed by atoms with Crippen LogP contribution in [-0.4, -0.2) is 16.6 Å². The van der Waals surface area contributed by atoms with Crippen LogP contribution in [0.5, 0.6) is 5.88 Å². The smallest absolute Gasteiger partial charge is 0.256 e. The molecule has 1 heterocycles. The fourth-order valence-corrected chi connectivity index (χ4v) is 0.652. The molecule has 1 rings (SSSR count). The molecule has 1 aromatic heterocycles. The molecule has 4 nitrogen and oxygen atoms in total. The highest BCUT2D eigenvalue weighted by atomic mass is 16.5. The Bertz CT molecular complexity index is 219. The number of anilines is 1. The second-order valence-electron chi connectivity index (χ2n) is 2.83. The minimum absolute atomic E-state index is 0.491. The highest BCUT2D eigenvalue weighted by Crippen LogP contribution is 2.14. The normalized spacial score (nSPS) is 10.5. The van der Waals surface area contributed by atoms with E-state index in [1.807, 2.05) is 0 Å². The van der Waals surface area contributed by atoms with Crippen molar-refractivity contribution in [1.29, 1.82) is 0 Å². The molecule has 4 heteroatoms. The monoisotopic (exact) mass is 155 g/mol. The van der Waals surface area contributed by atoms with Crippen molar-refractivity contribution in [2.75, 3.05) is 12.3 Å². The molecular weight excluding hydrogens is 142 g/mol. The third kappa shape index (κ3) is 2.14. The molecule has 0 aromatic carbocycles. The summed E-state index contributed by atoms with van der Waals surface area (Å²) in [7, 11) is 0. The lowest BCUT2D eigenvalue weighted by atomic mass is 10.2. The van der Waals surface area contributed by atoms with Gasteiger partial charge in [-0.3, -0.25) is 0 Å². The standard InChI is InChI=1S/C7H13N3O/c1-5(2)3-11-7-6(8)9-4-10-7/h4-5H,3,8H2,1-2H3,(H,9,10). The summed E-state index contributed by atoms with van der Waals surface area (Å²) >= 11 is 0. The molecule has 0 unspecified atom stereocenters. The topological polar surface area (TPSA) is 63.9 Å². The number of hydrogen-bond acceptors (Lipinski definition) is 3. The summed E-state index contributed by atoms with van der Waals surface area (Å²) in [5.74, 6) is 1.48. The third-order valence-corrected chi connectivity index (χ3v) is 1.19. The highest BCUT2D eigenvalue weighted by Gasteiger charge is 2.02. The summed E-state index contributed by atoms with van der Waals surface area (Å²) in [4.78, 5) is 6.62. The van der Waals surface area contributed by atoms with Gasteiger partial charge in [-0.2, -0.15) is 0 Å². The Morgan fingerprint density at radius 2 is 2.45 bits per heavy atom. The van der Waals surface area contributed by atoms with Gasteiger partial charge in [0.1, 0.15) is 0 Å². The van der Waals surface area contributed by atoms with Crippen molar-refractivity contribution in [3.05, 3.63) is 6.33 Å². The molecule has 0 saturated carbocycles. The molecule has 0 aliphatic carbocycles. The van der Waals surface area contributed by atoms with E-state index in [-0.39, 0.29) is 0 Å². The van der Waals surface area contributed by atoms with E-state index in [4.69, 9.17) is 10.5 Å². The van der Waals surface area contributed by atoms with Crippen LogP contribution in [0.2, 0.25) is 0 Å². The maximum atomic E-state index is 5.48. The second-order valence-corrected chi connectivity index (χ2v) is 2.83. The van der Waals surface area contributed by atoms with Gasteiger partial charge in [-0.05, 0) is 5.92 Å². The fraction of sp³-hybridized carbons (Fsp3) is 0.571. The summed E-state index contributed by atoms with van der Waals surface area (Å²) in [6.07, 6.45) is 1.52. The minimum atomic E-state index is 0.491. The lowest BCUT2D eigenvalue weighted by molar-refractivity contribution is 0.264. The van der Waals surface area contributed by atoms with E-state index in [1.165, 1.54) is 6.33 Å². The van der Waals surface area contributed by atoms with Crippen LogP contribution in [0.25, 0.3) is 0 Å². The average molecular weight is 155 g/mol. The molecule has 1 aromatic rings. The number of hydrogen-bond donors (Lipinski definition) is 2. The van der Waals surface area contributed by atoms with Crippen molar-refractivity contribution in [3.63, 3.8) is 0 Å². The Labute approximate surface area is 65.8 Å². The number of nitrogens with zero attached hydrogens (tertiary/aromatic N) is 1. The summed E-state index contributed by atoms with van der Waals surface area (Å²) in [6.45, 7) is 4.79. The Balaban J connectivity index is 2.44. The SMILES string of the molecule is CC(C)COc1nc[nH]c1N. The molecule has 3 N–H and O–H groups in total. The van der Waals surface area contributed by atoms with Crippen molar-refractivity contribution < 1.29 is 4.74 Å². The first kappa shape index (κ1) is 7.91. The molecule has 0 bridgehead atoms. The van der Waals surface area contributed by atoms with Crippen LogP contribution in [0.3, 0.4) is 0 Å². The Hall–Kier alpha value is -1.19. The maximum Gasteiger partial charge on any atom is 0.256 e. The lowest BCUT2D eigenvalue weighted by Crippen LogP contribution is -2.05. The van der Waals surface area contributed by atoms with Crippen LogP contribution in [0.1, 0.15) is 13.8 Å². The van der Waals surface area contributed by atoms with E-state index in [2.05, 4.69) is 23.8 Å². The van der Waals surface area contributed by atoms with Gasteiger partial charge in [0.2, 0.25) is 0 Å². The van der Waals surface area contributed by atoms with Crippen molar-refractivity contribution in [1.82, 2.24) is 9.97 Å². The zero-order valence-corrected chi connectivity index (χ0v) is 6.79. The first-order chi connectivity index (χ1) is 5.20. The Morgan fingerprint density at radius 3 is 2.91 bits per heavy atom. The van der Waals surface area contributed by atoms with Gasteiger partial charge in [0.25, 0.3) is 5.88 Å². The number of aromatic nitrogens is 2. The molecule has 62 valence electrons. The molecule has 0 radical (unpaired) electrons. The number of rotatable bonds is 3. The van der Waals surface area contributed by atoms with Gasteiger partial charge in [0.05, 0.1) is 12.9 Å². The fourth-order valence-electron chi connectivity index (χ4n) is 0.652. The zero-order valence-electron chi connectivity index (χ0n) is 6.79. The van der Waals surface area contributed by atoms with Gasteiger partial charge in [-0.25, -0.2) is 4.98 Å².